The standard InChI is InChI=1S/C26H25N3/c1-3-10-21(11-4-1)18-29-20-22(24-14-7-8-15-25(24)29)19-28-17-9-16-26(28)27-23-12-5-2-6-13-23/h1-8,10-15,20H,9,16-19H2/b27-26-. The number of aliphatic imine (C=N–C) groups is 1. The number of rotatable bonds is 5. The first-order valence-electron chi connectivity index (χ1n) is 10.3. The Kier molecular flexibility index (Phi) is 4.87. The molecule has 0 unspecified atom stereocenters. The van der Waals surface area contributed by atoms with E-state index < -0.39 is 0 Å². The third kappa shape index (κ3) is 3.81. The van der Waals surface area contributed by atoms with Gasteiger partial charge < -0.3 is 9.47 Å². The molecular weight excluding hydrogens is 354 g/mol. The minimum Gasteiger partial charge on any atom is -0.356 e. The van der Waals surface area contributed by atoms with Crippen molar-refractivity contribution in [2.75, 3.05) is 6.54 Å². The number of likely N-dealkylation sites (tertiary alicyclic amines) is 1. The average molecular weight is 380 g/mol. The molecule has 1 saturated heterocycles. The molecule has 2 heterocycles. The van der Waals surface area contributed by atoms with Gasteiger partial charge in [0.05, 0.1) is 5.69 Å². The molecule has 0 amide bonds. The van der Waals surface area contributed by atoms with Crippen LogP contribution in [0.1, 0.15) is 24.0 Å². The van der Waals surface area contributed by atoms with Crippen LogP contribution in [0.25, 0.3) is 10.9 Å². The van der Waals surface area contributed by atoms with Crippen LogP contribution in [0.2, 0.25) is 0 Å². The highest BCUT2D eigenvalue weighted by Crippen LogP contribution is 2.26. The van der Waals surface area contributed by atoms with Gasteiger partial charge >= 0.3 is 0 Å². The van der Waals surface area contributed by atoms with Crippen LogP contribution in [0.5, 0.6) is 0 Å². The van der Waals surface area contributed by atoms with Crippen LogP contribution in [0.3, 0.4) is 0 Å². The van der Waals surface area contributed by atoms with Gasteiger partial charge in [0.2, 0.25) is 0 Å². The Morgan fingerprint density at radius 1 is 0.759 bits per heavy atom. The lowest BCUT2D eigenvalue weighted by atomic mass is 10.1. The molecule has 0 atom stereocenters. The van der Waals surface area contributed by atoms with E-state index in [1.54, 1.807) is 0 Å². The van der Waals surface area contributed by atoms with Crippen LogP contribution in [-0.2, 0) is 13.1 Å². The highest BCUT2D eigenvalue weighted by Gasteiger charge is 2.20. The fraction of sp³-hybridized carbons (Fsp3) is 0.192. The summed E-state index contributed by atoms with van der Waals surface area (Å²) in [5.41, 5.74) is 5.04. The Balaban J connectivity index is 1.45. The Hall–Kier alpha value is -3.33. The van der Waals surface area contributed by atoms with E-state index in [-0.39, 0.29) is 0 Å². The van der Waals surface area contributed by atoms with E-state index in [0.29, 0.717) is 0 Å². The lowest BCUT2D eigenvalue weighted by Crippen LogP contribution is -2.24. The van der Waals surface area contributed by atoms with Gasteiger partial charge in [-0.05, 0) is 35.7 Å². The van der Waals surface area contributed by atoms with E-state index in [1.165, 1.54) is 34.3 Å². The van der Waals surface area contributed by atoms with Gasteiger partial charge in [-0.3, -0.25) is 0 Å². The zero-order chi connectivity index (χ0) is 19.5. The summed E-state index contributed by atoms with van der Waals surface area (Å²) < 4.78 is 2.38. The summed E-state index contributed by atoms with van der Waals surface area (Å²) in [6.07, 6.45) is 4.56. The molecule has 3 nitrogen and oxygen atoms in total. The SMILES string of the molecule is c1ccc(Cn2cc(CN3CCC/C3=N/c3ccccc3)c3ccccc32)cc1. The van der Waals surface area contributed by atoms with Gasteiger partial charge in [-0.15, -0.1) is 0 Å². The van der Waals surface area contributed by atoms with Crippen LogP contribution >= 0.6 is 0 Å². The Labute approximate surface area is 171 Å². The topological polar surface area (TPSA) is 20.5 Å². The summed E-state index contributed by atoms with van der Waals surface area (Å²) >= 11 is 0. The maximum atomic E-state index is 4.93. The molecule has 3 heteroatoms. The summed E-state index contributed by atoms with van der Waals surface area (Å²) in [5, 5.41) is 1.34. The second-order valence-corrected chi connectivity index (χ2v) is 7.67. The summed E-state index contributed by atoms with van der Waals surface area (Å²) in [7, 11) is 0. The largest absolute Gasteiger partial charge is 0.356 e. The highest BCUT2D eigenvalue weighted by molar-refractivity contribution is 5.88. The van der Waals surface area contributed by atoms with E-state index in [2.05, 4.69) is 94.5 Å². The van der Waals surface area contributed by atoms with Gasteiger partial charge in [0.25, 0.3) is 0 Å². The Morgan fingerprint density at radius 2 is 1.48 bits per heavy atom. The number of aromatic nitrogens is 1. The quantitative estimate of drug-likeness (QED) is 0.415. The van der Waals surface area contributed by atoms with Crippen LogP contribution in [0.15, 0.2) is 96.1 Å². The normalized spacial score (nSPS) is 15.4. The zero-order valence-corrected chi connectivity index (χ0v) is 16.5. The number of hydrogen-bond acceptors (Lipinski definition) is 1. The van der Waals surface area contributed by atoms with Crippen LogP contribution in [0.4, 0.5) is 5.69 Å². The van der Waals surface area contributed by atoms with E-state index in [1.807, 2.05) is 6.07 Å². The van der Waals surface area contributed by atoms with Crippen molar-refractivity contribution < 1.29 is 0 Å². The van der Waals surface area contributed by atoms with Crippen LogP contribution < -0.4 is 0 Å². The molecule has 0 saturated carbocycles. The molecule has 144 valence electrons. The van der Waals surface area contributed by atoms with Gasteiger partial charge in [0, 0.05) is 43.2 Å². The molecule has 0 spiro atoms. The summed E-state index contributed by atoms with van der Waals surface area (Å²) in [6.45, 7) is 2.88. The Bertz CT molecular complexity index is 1130. The van der Waals surface area contributed by atoms with Gasteiger partial charge in [-0.1, -0.05) is 66.7 Å². The molecule has 29 heavy (non-hydrogen) atoms. The predicted octanol–water partition coefficient (Wildman–Crippen LogP) is 6.02. The number of para-hydroxylation sites is 2. The molecule has 1 aromatic heterocycles. The molecule has 1 aliphatic heterocycles. The molecule has 1 aliphatic rings. The van der Waals surface area contributed by atoms with Crippen molar-refractivity contribution in [2.24, 2.45) is 4.99 Å². The van der Waals surface area contributed by atoms with Crippen LogP contribution in [0, 0.1) is 0 Å². The molecule has 1 fully saturated rings. The molecule has 0 aliphatic carbocycles. The number of nitrogens with zero attached hydrogens (tertiary/aromatic N) is 3. The highest BCUT2D eigenvalue weighted by atomic mass is 15.2. The molecular formula is C26H25N3. The molecule has 5 rings (SSSR count). The van der Waals surface area contributed by atoms with Crippen molar-refractivity contribution in [2.45, 2.75) is 25.9 Å². The summed E-state index contributed by atoms with van der Waals surface area (Å²) in [6, 6.07) is 29.7. The summed E-state index contributed by atoms with van der Waals surface area (Å²) in [4.78, 5) is 7.37. The first kappa shape index (κ1) is 17.7. The van der Waals surface area contributed by atoms with Crippen molar-refractivity contribution in [1.82, 2.24) is 9.47 Å². The van der Waals surface area contributed by atoms with Gasteiger partial charge in [0.1, 0.15) is 5.84 Å². The minimum atomic E-state index is 0.895. The monoisotopic (exact) mass is 379 g/mol. The smallest absolute Gasteiger partial charge is 0.105 e. The second kappa shape index (κ2) is 7.96. The summed E-state index contributed by atoms with van der Waals surface area (Å²) in [5.74, 6) is 1.20. The molecule has 3 aromatic carbocycles. The molecule has 0 N–H and O–H groups in total. The third-order valence-electron chi connectivity index (χ3n) is 5.64. The minimum absolute atomic E-state index is 0.895. The first-order valence-corrected chi connectivity index (χ1v) is 10.3. The van der Waals surface area contributed by atoms with Crippen molar-refractivity contribution in [3.63, 3.8) is 0 Å². The van der Waals surface area contributed by atoms with Crippen molar-refractivity contribution in [3.8, 4) is 0 Å². The maximum Gasteiger partial charge on any atom is 0.105 e. The van der Waals surface area contributed by atoms with Crippen molar-refractivity contribution in [3.05, 3.63) is 102 Å². The molecule has 0 bridgehead atoms. The van der Waals surface area contributed by atoms with E-state index >= 15 is 0 Å². The average Bonchev–Trinajstić information content (AvgIpc) is 3.35. The first-order chi connectivity index (χ1) is 14.4. The van der Waals surface area contributed by atoms with Crippen LogP contribution in [-0.4, -0.2) is 21.8 Å². The zero-order valence-electron chi connectivity index (χ0n) is 16.5. The lowest BCUT2D eigenvalue weighted by molar-refractivity contribution is 0.449. The fourth-order valence-corrected chi connectivity index (χ4v) is 4.23. The maximum absolute atomic E-state index is 4.93. The number of fused-ring (bicyclic) bond motifs is 1. The molecule has 0 radical (unpaired) electrons. The number of benzene rings is 3. The fourth-order valence-electron chi connectivity index (χ4n) is 4.23. The van der Waals surface area contributed by atoms with E-state index in [4.69, 9.17) is 4.99 Å². The Morgan fingerprint density at radius 3 is 2.31 bits per heavy atom. The van der Waals surface area contributed by atoms with Gasteiger partial charge in [0.15, 0.2) is 0 Å². The predicted molar refractivity (Wildman–Crippen MR) is 121 cm³/mol. The number of amidine groups is 1. The second-order valence-electron chi connectivity index (χ2n) is 7.67. The number of hydrogen-bond donors (Lipinski definition) is 0. The van der Waals surface area contributed by atoms with E-state index in [9.17, 15) is 0 Å². The van der Waals surface area contributed by atoms with Gasteiger partial charge in [-0.2, -0.15) is 0 Å². The van der Waals surface area contributed by atoms with Crippen molar-refractivity contribution in [1.29, 1.82) is 0 Å². The lowest BCUT2D eigenvalue weighted by Gasteiger charge is -2.18. The molecule has 4 aromatic rings. The van der Waals surface area contributed by atoms with Gasteiger partial charge in [-0.25, -0.2) is 4.99 Å². The van der Waals surface area contributed by atoms with E-state index in [0.717, 1.165) is 31.7 Å². The van der Waals surface area contributed by atoms with Crippen molar-refractivity contribution >= 4 is 22.4 Å². The third-order valence-corrected chi connectivity index (χ3v) is 5.64.